The maximum absolute atomic E-state index is 13.0. The van der Waals surface area contributed by atoms with Crippen LogP contribution in [0.4, 0.5) is 0 Å². The van der Waals surface area contributed by atoms with Crippen molar-refractivity contribution in [2.24, 2.45) is 5.92 Å². The molecule has 3 aliphatic rings. The molecule has 0 saturated carbocycles. The van der Waals surface area contributed by atoms with Crippen molar-refractivity contribution in [3.63, 3.8) is 0 Å². The average molecular weight is 418 g/mol. The van der Waals surface area contributed by atoms with E-state index < -0.39 is 28.2 Å². The van der Waals surface area contributed by atoms with Crippen LogP contribution in [-0.4, -0.2) is 40.5 Å². The maximum atomic E-state index is 13.0. The Labute approximate surface area is 170 Å². The summed E-state index contributed by atoms with van der Waals surface area (Å²) in [5.74, 6) is -1.36. The van der Waals surface area contributed by atoms with Crippen molar-refractivity contribution in [2.45, 2.75) is 37.2 Å². The number of likely N-dealkylation sites (tertiary alicyclic amines) is 1. The summed E-state index contributed by atoms with van der Waals surface area (Å²) in [6, 6.07) is 7.36. The highest BCUT2D eigenvalue weighted by Crippen LogP contribution is 2.65. The van der Waals surface area contributed by atoms with Crippen LogP contribution >= 0.6 is 10.6 Å². The van der Waals surface area contributed by atoms with Gasteiger partial charge in [0.1, 0.15) is 0 Å². The second kappa shape index (κ2) is 7.00. The number of hydrogen-bond acceptors (Lipinski definition) is 7. The molecule has 8 nitrogen and oxygen atoms in total. The first kappa shape index (κ1) is 19.7. The fourth-order valence-electron chi connectivity index (χ4n) is 3.91. The molecule has 1 unspecified atom stereocenters. The largest absolute Gasteiger partial charge is 0.357 e. The van der Waals surface area contributed by atoms with Gasteiger partial charge in [0, 0.05) is 49.1 Å². The predicted molar refractivity (Wildman–Crippen MR) is 107 cm³/mol. The summed E-state index contributed by atoms with van der Waals surface area (Å²) in [4.78, 5) is 39.0. The molecular weight excluding hydrogens is 396 g/mol. The molecule has 1 atom stereocenters. The summed E-state index contributed by atoms with van der Waals surface area (Å²) in [6.45, 7) is 4.06. The molecule has 154 valence electrons. The zero-order chi connectivity index (χ0) is 20.8. The van der Waals surface area contributed by atoms with E-state index in [9.17, 15) is 19.7 Å². The van der Waals surface area contributed by atoms with Gasteiger partial charge in [0.15, 0.2) is 0 Å². The smallest absolute Gasteiger partial charge is 0.332 e. The third-order valence-electron chi connectivity index (χ3n) is 5.72. The Morgan fingerprint density at radius 3 is 2.55 bits per heavy atom. The van der Waals surface area contributed by atoms with Gasteiger partial charge in [-0.15, -0.1) is 0 Å². The molecule has 1 spiro atoms. The molecule has 0 radical (unpaired) electrons. The van der Waals surface area contributed by atoms with Crippen molar-refractivity contribution < 1.29 is 22.9 Å². The van der Waals surface area contributed by atoms with Crippen LogP contribution in [0.25, 0.3) is 6.08 Å². The number of benzene rings is 1. The molecule has 1 aromatic rings. The van der Waals surface area contributed by atoms with E-state index in [-0.39, 0.29) is 16.4 Å². The first-order chi connectivity index (χ1) is 13.7. The molecule has 0 amide bonds. The molecule has 1 fully saturated rings. The van der Waals surface area contributed by atoms with Crippen LogP contribution in [0.15, 0.2) is 46.2 Å². The second-order valence-corrected chi connectivity index (χ2v) is 9.91. The zero-order valence-corrected chi connectivity index (χ0v) is 17.0. The van der Waals surface area contributed by atoms with Crippen LogP contribution in [0.1, 0.15) is 32.3 Å². The Morgan fingerprint density at radius 1 is 1.17 bits per heavy atom. The lowest BCUT2D eigenvalue weighted by atomic mass is 9.88. The number of piperidine rings is 1. The number of nitrogens with zero attached hydrogens (tertiary/aromatic N) is 2. The van der Waals surface area contributed by atoms with Crippen molar-refractivity contribution >= 4 is 28.6 Å². The van der Waals surface area contributed by atoms with Gasteiger partial charge in [-0.05, 0) is 30.9 Å². The molecule has 1 saturated heterocycles. The third-order valence-corrected chi connectivity index (χ3v) is 8.01. The van der Waals surface area contributed by atoms with Crippen LogP contribution in [0.5, 0.6) is 0 Å². The Hall–Kier alpha value is -2.65. The topological polar surface area (TPSA) is 99.0 Å². The number of nitro groups is 1. The minimum Gasteiger partial charge on any atom is -0.332 e. The van der Waals surface area contributed by atoms with Crippen molar-refractivity contribution in [1.82, 2.24) is 4.90 Å². The molecule has 0 bridgehead atoms. The molecule has 3 heterocycles. The first-order valence-corrected chi connectivity index (χ1v) is 11.0. The molecular formula is C20H22N2O6S. The van der Waals surface area contributed by atoms with Gasteiger partial charge in [-0.1, -0.05) is 28.8 Å². The highest BCUT2D eigenvalue weighted by atomic mass is 32.3. The van der Waals surface area contributed by atoms with Crippen LogP contribution in [0, 0.1) is 16.0 Å². The van der Waals surface area contributed by atoms with E-state index in [1.165, 1.54) is 6.08 Å². The summed E-state index contributed by atoms with van der Waals surface area (Å²) < 4.78 is 11.4. The summed E-state index contributed by atoms with van der Waals surface area (Å²) >= 11 is 0. The van der Waals surface area contributed by atoms with Crippen molar-refractivity contribution in [2.75, 3.05) is 13.1 Å². The zero-order valence-electron chi connectivity index (χ0n) is 16.2. The quantitative estimate of drug-likeness (QED) is 0.548. The van der Waals surface area contributed by atoms with E-state index in [4.69, 9.17) is 8.37 Å². The summed E-state index contributed by atoms with van der Waals surface area (Å²) in [5, 5.41) is 13.0. The second-order valence-electron chi connectivity index (χ2n) is 7.77. The minimum atomic E-state index is -2.60. The van der Waals surface area contributed by atoms with Crippen LogP contribution < -0.4 is 0 Å². The van der Waals surface area contributed by atoms with Gasteiger partial charge in [-0.3, -0.25) is 10.1 Å². The minimum absolute atomic E-state index is 0.205. The van der Waals surface area contributed by atoms with E-state index in [2.05, 4.69) is 0 Å². The average Bonchev–Trinajstić information content (AvgIpc) is 2.97. The van der Waals surface area contributed by atoms with E-state index in [1.807, 2.05) is 18.2 Å². The van der Waals surface area contributed by atoms with E-state index in [0.29, 0.717) is 30.8 Å². The van der Waals surface area contributed by atoms with Gasteiger partial charge in [0.2, 0.25) is 0 Å². The van der Waals surface area contributed by atoms with Gasteiger partial charge in [-0.2, -0.15) is 0 Å². The number of carbonyl (C=O) groups is 2. The van der Waals surface area contributed by atoms with Crippen LogP contribution in [0.3, 0.4) is 0 Å². The van der Waals surface area contributed by atoms with Crippen molar-refractivity contribution in [1.29, 1.82) is 0 Å². The number of hydrogen-bond donors (Lipinski definition) is 0. The molecule has 9 heteroatoms. The molecule has 4 rings (SSSR count). The van der Waals surface area contributed by atoms with Crippen molar-refractivity contribution in [3.8, 4) is 0 Å². The molecule has 1 aromatic carbocycles. The normalized spacial score (nSPS) is 27.4. The van der Waals surface area contributed by atoms with Gasteiger partial charge >= 0.3 is 11.9 Å². The Kier molecular flexibility index (Phi) is 4.74. The lowest BCUT2D eigenvalue weighted by molar-refractivity contribution is -0.592. The Balaban J connectivity index is 1.53. The molecule has 0 aromatic heterocycles. The first-order valence-electron chi connectivity index (χ1n) is 9.42. The van der Waals surface area contributed by atoms with E-state index >= 15 is 0 Å². The van der Waals surface area contributed by atoms with Gasteiger partial charge < -0.3 is 8.37 Å². The molecule has 29 heavy (non-hydrogen) atoms. The number of fused-ring (bicyclic) bond motifs is 2. The lowest BCUT2D eigenvalue weighted by Gasteiger charge is -2.38. The van der Waals surface area contributed by atoms with Crippen molar-refractivity contribution in [3.05, 3.63) is 57.0 Å². The standard InChI is InChI=1S/C20H22N2O6S/c1-20(2,22(25)26)21-10-7-14(8-11-21)16-13-18(23)27-29(28-19(16)24)12-9-15-5-3-4-6-17(15)29/h3-6,9,12-14H,7-8,10-11H2,1-2H3. The van der Waals surface area contributed by atoms with Crippen LogP contribution in [0.2, 0.25) is 0 Å². The molecule has 3 aliphatic heterocycles. The predicted octanol–water partition coefficient (Wildman–Crippen LogP) is 3.42. The third kappa shape index (κ3) is 3.34. The van der Waals surface area contributed by atoms with Gasteiger partial charge in [0.25, 0.3) is 5.66 Å². The van der Waals surface area contributed by atoms with E-state index in [1.54, 1.807) is 36.3 Å². The van der Waals surface area contributed by atoms with E-state index in [0.717, 1.165) is 5.56 Å². The maximum Gasteiger partial charge on any atom is 0.357 e. The van der Waals surface area contributed by atoms with Gasteiger partial charge in [-0.25, -0.2) is 14.5 Å². The SMILES string of the molecule is CC(C)(N1CCC(C2=CC(=O)OS3(C=Cc4ccccc43)OC2=O)CC1)[N+](=O)[O-]. The highest BCUT2D eigenvalue weighted by molar-refractivity contribution is 8.29. The fourth-order valence-corrected chi connectivity index (χ4v) is 6.05. The Morgan fingerprint density at radius 2 is 1.86 bits per heavy atom. The summed E-state index contributed by atoms with van der Waals surface area (Å²) in [7, 11) is -2.60. The summed E-state index contributed by atoms with van der Waals surface area (Å²) in [5.41, 5.74) is -0.0213. The number of rotatable bonds is 3. The van der Waals surface area contributed by atoms with Gasteiger partial charge in [0.05, 0.1) is 10.3 Å². The monoisotopic (exact) mass is 418 g/mol. The lowest BCUT2D eigenvalue weighted by Crippen LogP contribution is -2.53. The number of carbonyl (C=O) groups excluding carboxylic acids is 2. The van der Waals surface area contributed by atoms with Crippen LogP contribution in [-0.2, 0) is 18.0 Å². The highest BCUT2D eigenvalue weighted by Gasteiger charge is 2.43. The fraction of sp³-hybridized carbons (Fsp3) is 0.400. The summed E-state index contributed by atoms with van der Waals surface area (Å²) in [6.07, 6.45) is 4.09. The molecule has 0 aliphatic carbocycles. The molecule has 0 N–H and O–H groups in total. The Bertz CT molecular complexity index is 948.